The standard InChI is InChI=1S/C10H17NO2/c1-2-3-6-11-7-4-10(13,9-12)5-8-11/h2-3,9,13H,4-8H2,1H3/b3-2+. The fraction of sp³-hybridized carbons (Fsp3) is 0.700. The van der Waals surface area contributed by atoms with E-state index in [1.54, 1.807) is 0 Å². The van der Waals surface area contributed by atoms with Crippen molar-refractivity contribution < 1.29 is 9.90 Å². The van der Waals surface area contributed by atoms with Crippen LogP contribution in [0.2, 0.25) is 0 Å². The number of rotatable bonds is 3. The summed E-state index contributed by atoms with van der Waals surface area (Å²) < 4.78 is 0. The van der Waals surface area contributed by atoms with Crippen molar-refractivity contribution in [1.82, 2.24) is 4.90 Å². The molecule has 0 aromatic carbocycles. The summed E-state index contributed by atoms with van der Waals surface area (Å²) in [7, 11) is 0. The highest BCUT2D eigenvalue weighted by Gasteiger charge is 2.31. The zero-order valence-electron chi connectivity index (χ0n) is 8.07. The summed E-state index contributed by atoms with van der Waals surface area (Å²) in [5.41, 5.74) is -1.05. The van der Waals surface area contributed by atoms with Gasteiger partial charge in [0.1, 0.15) is 5.60 Å². The zero-order chi connectivity index (χ0) is 9.73. The summed E-state index contributed by atoms with van der Waals surface area (Å²) >= 11 is 0. The molecule has 0 saturated carbocycles. The van der Waals surface area contributed by atoms with E-state index in [1.807, 2.05) is 13.0 Å². The first-order chi connectivity index (χ1) is 6.20. The number of allylic oxidation sites excluding steroid dienone is 1. The summed E-state index contributed by atoms with van der Waals surface area (Å²) in [5, 5.41) is 9.61. The van der Waals surface area contributed by atoms with Gasteiger partial charge in [-0.2, -0.15) is 0 Å². The molecule has 1 rings (SSSR count). The molecule has 74 valence electrons. The van der Waals surface area contributed by atoms with Gasteiger partial charge in [-0.25, -0.2) is 0 Å². The number of hydrogen-bond acceptors (Lipinski definition) is 3. The highest BCUT2D eigenvalue weighted by atomic mass is 16.3. The van der Waals surface area contributed by atoms with E-state index in [-0.39, 0.29) is 0 Å². The molecule has 1 N–H and O–H groups in total. The molecule has 0 aliphatic carbocycles. The van der Waals surface area contributed by atoms with Gasteiger partial charge < -0.3 is 9.90 Å². The second kappa shape index (κ2) is 4.53. The van der Waals surface area contributed by atoms with E-state index in [0.29, 0.717) is 19.1 Å². The maximum absolute atomic E-state index is 10.5. The molecule has 1 fully saturated rings. The molecule has 0 atom stereocenters. The van der Waals surface area contributed by atoms with Crippen LogP contribution in [0.15, 0.2) is 12.2 Å². The van der Waals surface area contributed by atoms with Crippen LogP contribution in [0.5, 0.6) is 0 Å². The van der Waals surface area contributed by atoms with Gasteiger partial charge in [-0.3, -0.25) is 4.90 Å². The van der Waals surface area contributed by atoms with Crippen LogP contribution in [0.4, 0.5) is 0 Å². The molecule has 3 heteroatoms. The highest BCUT2D eigenvalue weighted by Crippen LogP contribution is 2.19. The second-order valence-corrected chi connectivity index (χ2v) is 3.59. The number of aldehydes is 1. The van der Waals surface area contributed by atoms with Crippen molar-refractivity contribution in [3.63, 3.8) is 0 Å². The Kier molecular flexibility index (Phi) is 3.63. The third-order valence-electron chi connectivity index (χ3n) is 2.54. The van der Waals surface area contributed by atoms with E-state index in [0.717, 1.165) is 19.6 Å². The minimum absolute atomic E-state index is 0.564. The highest BCUT2D eigenvalue weighted by molar-refractivity contribution is 5.62. The van der Waals surface area contributed by atoms with E-state index in [4.69, 9.17) is 0 Å². The van der Waals surface area contributed by atoms with Crippen LogP contribution in [-0.2, 0) is 4.79 Å². The van der Waals surface area contributed by atoms with Crippen LogP contribution in [0.25, 0.3) is 0 Å². The van der Waals surface area contributed by atoms with Gasteiger partial charge in [0.15, 0.2) is 6.29 Å². The van der Waals surface area contributed by atoms with Crippen LogP contribution >= 0.6 is 0 Å². The van der Waals surface area contributed by atoms with Crippen LogP contribution in [-0.4, -0.2) is 41.5 Å². The Bertz CT molecular complexity index is 193. The maximum Gasteiger partial charge on any atom is 0.151 e. The summed E-state index contributed by atoms with van der Waals surface area (Å²) in [5.74, 6) is 0. The van der Waals surface area contributed by atoms with E-state index >= 15 is 0 Å². The second-order valence-electron chi connectivity index (χ2n) is 3.59. The van der Waals surface area contributed by atoms with Gasteiger partial charge in [-0.15, -0.1) is 0 Å². The molecular formula is C10H17NO2. The normalized spacial score (nSPS) is 23.5. The average Bonchev–Trinajstić information content (AvgIpc) is 2.17. The molecule has 0 spiro atoms. The largest absolute Gasteiger partial charge is 0.382 e. The summed E-state index contributed by atoms with van der Waals surface area (Å²) in [4.78, 5) is 12.8. The lowest BCUT2D eigenvalue weighted by Gasteiger charge is -2.33. The van der Waals surface area contributed by atoms with E-state index in [9.17, 15) is 9.90 Å². The van der Waals surface area contributed by atoms with Gasteiger partial charge in [0, 0.05) is 19.6 Å². The molecule has 0 unspecified atom stereocenters. The number of piperidine rings is 1. The van der Waals surface area contributed by atoms with Crippen molar-refractivity contribution in [2.45, 2.75) is 25.4 Å². The smallest absolute Gasteiger partial charge is 0.151 e. The fourth-order valence-electron chi connectivity index (χ4n) is 1.50. The predicted molar refractivity (Wildman–Crippen MR) is 51.5 cm³/mol. The third kappa shape index (κ3) is 2.94. The van der Waals surface area contributed by atoms with Crippen LogP contribution in [0.1, 0.15) is 19.8 Å². The number of likely N-dealkylation sites (tertiary alicyclic amines) is 1. The minimum atomic E-state index is -1.05. The van der Waals surface area contributed by atoms with Gasteiger partial charge in [-0.05, 0) is 19.8 Å². The van der Waals surface area contributed by atoms with Crippen molar-refractivity contribution in [3.05, 3.63) is 12.2 Å². The van der Waals surface area contributed by atoms with E-state index in [1.165, 1.54) is 0 Å². The molecule has 3 nitrogen and oxygen atoms in total. The van der Waals surface area contributed by atoms with Crippen molar-refractivity contribution in [1.29, 1.82) is 0 Å². The monoisotopic (exact) mass is 183 g/mol. The molecule has 0 aromatic rings. The Labute approximate surface area is 79.0 Å². The zero-order valence-corrected chi connectivity index (χ0v) is 8.07. The molecule has 1 aliphatic rings. The van der Waals surface area contributed by atoms with Crippen molar-refractivity contribution in [2.24, 2.45) is 0 Å². The molecular weight excluding hydrogens is 166 g/mol. The van der Waals surface area contributed by atoms with Crippen molar-refractivity contribution >= 4 is 6.29 Å². The molecule has 0 aromatic heterocycles. The number of hydrogen-bond donors (Lipinski definition) is 1. The molecule has 13 heavy (non-hydrogen) atoms. The fourth-order valence-corrected chi connectivity index (χ4v) is 1.50. The van der Waals surface area contributed by atoms with E-state index in [2.05, 4.69) is 11.0 Å². The Hall–Kier alpha value is -0.670. The molecule has 0 radical (unpaired) electrons. The Balaban J connectivity index is 2.34. The molecule has 0 amide bonds. The van der Waals surface area contributed by atoms with E-state index < -0.39 is 5.60 Å². The van der Waals surface area contributed by atoms with Crippen LogP contribution < -0.4 is 0 Å². The minimum Gasteiger partial charge on any atom is -0.382 e. The molecule has 1 heterocycles. The Morgan fingerprint density at radius 2 is 2.08 bits per heavy atom. The lowest BCUT2D eigenvalue weighted by Crippen LogP contribution is -2.45. The van der Waals surface area contributed by atoms with Crippen LogP contribution in [0.3, 0.4) is 0 Å². The number of carbonyl (C=O) groups is 1. The summed E-state index contributed by atoms with van der Waals surface area (Å²) in [6, 6.07) is 0. The molecule has 0 bridgehead atoms. The summed E-state index contributed by atoms with van der Waals surface area (Å²) in [6.45, 7) is 4.52. The third-order valence-corrected chi connectivity index (χ3v) is 2.54. The summed E-state index contributed by atoms with van der Waals surface area (Å²) in [6.07, 6.45) is 5.91. The Morgan fingerprint density at radius 1 is 1.46 bits per heavy atom. The van der Waals surface area contributed by atoms with Crippen molar-refractivity contribution in [3.8, 4) is 0 Å². The first-order valence-corrected chi connectivity index (χ1v) is 4.72. The lowest BCUT2D eigenvalue weighted by molar-refractivity contribution is -0.128. The maximum atomic E-state index is 10.5. The first-order valence-electron chi connectivity index (χ1n) is 4.72. The van der Waals surface area contributed by atoms with Gasteiger partial charge >= 0.3 is 0 Å². The molecule has 1 aliphatic heterocycles. The quantitative estimate of drug-likeness (QED) is 0.514. The number of aliphatic hydroxyl groups is 1. The first kappa shape index (κ1) is 10.4. The number of nitrogens with zero attached hydrogens (tertiary/aromatic N) is 1. The van der Waals surface area contributed by atoms with Gasteiger partial charge in [0.2, 0.25) is 0 Å². The topological polar surface area (TPSA) is 40.5 Å². The number of carbonyl (C=O) groups excluding carboxylic acids is 1. The predicted octanol–water partition coefficient (Wildman–Crippen LogP) is 0.588. The van der Waals surface area contributed by atoms with Gasteiger partial charge in [0.05, 0.1) is 0 Å². The average molecular weight is 183 g/mol. The van der Waals surface area contributed by atoms with Crippen molar-refractivity contribution in [2.75, 3.05) is 19.6 Å². The Morgan fingerprint density at radius 3 is 2.54 bits per heavy atom. The van der Waals surface area contributed by atoms with Gasteiger partial charge in [0.25, 0.3) is 0 Å². The lowest BCUT2D eigenvalue weighted by atomic mass is 9.93. The van der Waals surface area contributed by atoms with Crippen LogP contribution in [0, 0.1) is 0 Å². The molecule has 1 saturated heterocycles. The van der Waals surface area contributed by atoms with Gasteiger partial charge in [-0.1, -0.05) is 12.2 Å². The SMILES string of the molecule is C/C=C/CN1CCC(O)(C=O)CC1.